The molecule has 0 spiro atoms. The molecule has 0 aliphatic carbocycles. The highest BCUT2D eigenvalue weighted by atomic mass is 32.2. The molecule has 0 saturated heterocycles. The van der Waals surface area contributed by atoms with Crippen LogP contribution in [0, 0.1) is 20.8 Å². The normalized spacial score (nSPS) is 13.0. The van der Waals surface area contributed by atoms with E-state index >= 15 is 0 Å². The van der Waals surface area contributed by atoms with Crippen LogP contribution in [-0.2, 0) is 14.8 Å². The molecule has 136 valence electrons. The second-order valence-electron chi connectivity index (χ2n) is 6.09. The minimum Gasteiger partial charge on any atom is -0.394 e. The van der Waals surface area contributed by atoms with E-state index in [0.29, 0.717) is 0 Å². The molecular formula is C19H25NO4S. The number of hydrogen-bond donors (Lipinski definition) is 2. The van der Waals surface area contributed by atoms with Crippen molar-refractivity contribution in [3.05, 3.63) is 64.7 Å². The quantitative estimate of drug-likeness (QED) is 0.756. The first-order valence-electron chi connectivity index (χ1n) is 8.19. The molecule has 0 radical (unpaired) electrons. The second kappa shape index (κ2) is 8.58. The zero-order chi connectivity index (χ0) is 18.4. The summed E-state index contributed by atoms with van der Waals surface area (Å²) in [7, 11) is -3.63. The maximum absolute atomic E-state index is 12.5. The molecule has 6 heteroatoms. The van der Waals surface area contributed by atoms with Crippen molar-refractivity contribution in [1.82, 2.24) is 4.72 Å². The van der Waals surface area contributed by atoms with Crippen molar-refractivity contribution < 1.29 is 18.3 Å². The molecule has 0 amide bonds. The lowest BCUT2D eigenvalue weighted by Crippen LogP contribution is -2.30. The molecule has 5 nitrogen and oxygen atoms in total. The van der Waals surface area contributed by atoms with Crippen LogP contribution in [0.2, 0.25) is 0 Å². The monoisotopic (exact) mass is 363 g/mol. The van der Waals surface area contributed by atoms with E-state index in [2.05, 4.69) is 4.72 Å². The number of nitrogens with one attached hydrogen (secondary N) is 1. The van der Waals surface area contributed by atoms with Crippen molar-refractivity contribution in [3.8, 4) is 0 Å². The fourth-order valence-electron chi connectivity index (χ4n) is 2.40. The molecule has 1 unspecified atom stereocenters. The number of aryl methyl sites for hydroxylation is 3. The van der Waals surface area contributed by atoms with Crippen molar-refractivity contribution in [3.63, 3.8) is 0 Å². The van der Waals surface area contributed by atoms with Crippen molar-refractivity contribution in [2.75, 3.05) is 19.8 Å². The van der Waals surface area contributed by atoms with E-state index in [4.69, 9.17) is 9.84 Å². The summed E-state index contributed by atoms with van der Waals surface area (Å²) in [5.74, 6) is 0. The lowest BCUT2D eigenvalue weighted by Gasteiger charge is -2.19. The van der Waals surface area contributed by atoms with Gasteiger partial charge in [-0.05, 0) is 49.6 Å². The van der Waals surface area contributed by atoms with Crippen LogP contribution in [0.1, 0.15) is 28.4 Å². The summed E-state index contributed by atoms with van der Waals surface area (Å²) in [6.07, 6.45) is -0.464. The van der Waals surface area contributed by atoms with Crippen molar-refractivity contribution in [1.29, 1.82) is 0 Å². The van der Waals surface area contributed by atoms with E-state index < -0.39 is 16.1 Å². The van der Waals surface area contributed by atoms with E-state index in [1.807, 2.05) is 45.0 Å². The van der Waals surface area contributed by atoms with Gasteiger partial charge >= 0.3 is 0 Å². The summed E-state index contributed by atoms with van der Waals surface area (Å²) in [4.78, 5) is 0.236. The van der Waals surface area contributed by atoms with E-state index in [1.54, 1.807) is 18.2 Å². The molecule has 2 aromatic rings. The third-order valence-electron chi connectivity index (χ3n) is 4.11. The third-order valence-corrected chi connectivity index (χ3v) is 5.53. The highest BCUT2D eigenvalue weighted by Gasteiger charge is 2.19. The van der Waals surface area contributed by atoms with Gasteiger partial charge in [0.2, 0.25) is 10.0 Å². The maximum Gasteiger partial charge on any atom is 0.240 e. The minimum atomic E-state index is -3.63. The molecule has 2 aromatic carbocycles. The Bertz CT molecular complexity index is 801. The van der Waals surface area contributed by atoms with Gasteiger partial charge in [0.25, 0.3) is 0 Å². The van der Waals surface area contributed by atoms with Gasteiger partial charge in [0.1, 0.15) is 0 Å². The number of aliphatic hydroxyl groups excluding tert-OH is 1. The first-order valence-corrected chi connectivity index (χ1v) is 9.68. The molecule has 25 heavy (non-hydrogen) atoms. The molecule has 0 heterocycles. The summed E-state index contributed by atoms with van der Waals surface area (Å²) in [6, 6.07) is 12.8. The Hall–Kier alpha value is -1.73. The van der Waals surface area contributed by atoms with Gasteiger partial charge in [0, 0.05) is 6.54 Å². The number of hydrogen-bond acceptors (Lipinski definition) is 4. The van der Waals surface area contributed by atoms with E-state index in [-0.39, 0.29) is 24.7 Å². The molecule has 0 saturated carbocycles. The van der Waals surface area contributed by atoms with Crippen LogP contribution in [0.25, 0.3) is 0 Å². The van der Waals surface area contributed by atoms with Crippen molar-refractivity contribution >= 4 is 10.0 Å². The lowest BCUT2D eigenvalue weighted by atomic mass is 10.1. The van der Waals surface area contributed by atoms with E-state index in [9.17, 15) is 8.42 Å². The predicted octanol–water partition coefficient (Wildman–Crippen LogP) is 2.64. The molecule has 2 N–H and O–H groups in total. The van der Waals surface area contributed by atoms with E-state index in [0.717, 1.165) is 22.3 Å². The fraction of sp³-hybridized carbons (Fsp3) is 0.368. The smallest absolute Gasteiger partial charge is 0.240 e. The molecule has 1 atom stereocenters. The Morgan fingerprint density at radius 3 is 2.32 bits per heavy atom. The van der Waals surface area contributed by atoms with Gasteiger partial charge in [0.05, 0.1) is 24.2 Å². The Kier molecular flexibility index (Phi) is 6.72. The van der Waals surface area contributed by atoms with Crippen LogP contribution in [0.3, 0.4) is 0 Å². The van der Waals surface area contributed by atoms with Crippen molar-refractivity contribution in [2.24, 2.45) is 0 Å². The third kappa shape index (κ3) is 5.37. The van der Waals surface area contributed by atoms with Crippen molar-refractivity contribution in [2.45, 2.75) is 31.8 Å². The SMILES string of the molecule is Cc1ccc(C(CNS(=O)(=O)c2ccc(C)c(C)c2)OCCO)cc1. The molecule has 0 aliphatic rings. The Balaban J connectivity index is 2.15. The van der Waals surface area contributed by atoms with Gasteiger partial charge in [-0.25, -0.2) is 13.1 Å². The Morgan fingerprint density at radius 2 is 1.72 bits per heavy atom. The standard InChI is InChI=1S/C19H25NO4S/c1-14-4-7-17(8-5-14)19(24-11-10-21)13-20-25(22,23)18-9-6-15(2)16(3)12-18/h4-9,12,19-21H,10-11,13H2,1-3H3. The van der Waals surface area contributed by atoms with Gasteiger partial charge in [-0.2, -0.15) is 0 Å². The summed E-state index contributed by atoms with van der Waals surface area (Å²) in [5, 5.41) is 9.01. The van der Waals surface area contributed by atoms with Crippen LogP contribution >= 0.6 is 0 Å². The average Bonchev–Trinajstić information content (AvgIpc) is 2.58. The van der Waals surface area contributed by atoms with Gasteiger partial charge in [0.15, 0.2) is 0 Å². The molecule has 0 aliphatic heterocycles. The topological polar surface area (TPSA) is 75.6 Å². The van der Waals surface area contributed by atoms with Crippen LogP contribution in [0.4, 0.5) is 0 Å². The highest BCUT2D eigenvalue weighted by Crippen LogP contribution is 2.19. The first-order chi connectivity index (χ1) is 11.8. The van der Waals surface area contributed by atoms with E-state index in [1.165, 1.54) is 0 Å². The maximum atomic E-state index is 12.5. The number of sulfonamides is 1. The van der Waals surface area contributed by atoms with Crippen LogP contribution in [0.15, 0.2) is 47.4 Å². The highest BCUT2D eigenvalue weighted by molar-refractivity contribution is 7.89. The van der Waals surface area contributed by atoms with Crippen LogP contribution in [0.5, 0.6) is 0 Å². The molecule has 0 aromatic heterocycles. The van der Waals surface area contributed by atoms with Gasteiger partial charge in [-0.1, -0.05) is 35.9 Å². The Morgan fingerprint density at radius 1 is 1.04 bits per heavy atom. The zero-order valence-electron chi connectivity index (χ0n) is 14.8. The zero-order valence-corrected chi connectivity index (χ0v) is 15.6. The van der Waals surface area contributed by atoms with Crippen LogP contribution in [-0.4, -0.2) is 33.3 Å². The van der Waals surface area contributed by atoms with Gasteiger partial charge in [-0.15, -0.1) is 0 Å². The fourth-order valence-corrected chi connectivity index (χ4v) is 3.52. The molecule has 2 rings (SSSR count). The molecule has 0 fully saturated rings. The second-order valence-corrected chi connectivity index (χ2v) is 7.86. The predicted molar refractivity (Wildman–Crippen MR) is 98.1 cm³/mol. The summed E-state index contributed by atoms with van der Waals surface area (Å²) in [5.41, 5.74) is 3.94. The molecular weight excluding hydrogens is 338 g/mol. The minimum absolute atomic E-state index is 0.0956. The number of ether oxygens (including phenoxy) is 1. The summed E-state index contributed by atoms with van der Waals surface area (Å²) >= 11 is 0. The summed E-state index contributed by atoms with van der Waals surface area (Å²) < 4.78 is 33.3. The first kappa shape index (κ1) is 19.6. The number of rotatable bonds is 8. The summed E-state index contributed by atoms with van der Waals surface area (Å²) in [6.45, 7) is 5.92. The van der Waals surface area contributed by atoms with Crippen LogP contribution < -0.4 is 4.72 Å². The van der Waals surface area contributed by atoms with Gasteiger partial charge in [-0.3, -0.25) is 0 Å². The number of benzene rings is 2. The average molecular weight is 363 g/mol. The number of aliphatic hydroxyl groups is 1. The lowest BCUT2D eigenvalue weighted by molar-refractivity contribution is 0.0309. The molecule has 0 bridgehead atoms. The Labute approximate surface area is 149 Å². The van der Waals surface area contributed by atoms with Gasteiger partial charge < -0.3 is 9.84 Å². The largest absolute Gasteiger partial charge is 0.394 e.